The van der Waals surface area contributed by atoms with Crippen LogP contribution >= 0.6 is 0 Å². The molecule has 5 N–H and O–H groups in total. The molecule has 1 aromatic carbocycles. The SMILES string of the molecule is C=C(C)C(N)CC1c2ccccc2NC1ON. The van der Waals surface area contributed by atoms with Crippen LogP contribution in [-0.2, 0) is 4.84 Å². The third-order valence-electron chi connectivity index (χ3n) is 3.31. The van der Waals surface area contributed by atoms with Crippen molar-refractivity contribution in [3.63, 3.8) is 0 Å². The normalized spacial score (nSPS) is 23.9. The molecule has 3 unspecified atom stereocenters. The average molecular weight is 233 g/mol. The van der Waals surface area contributed by atoms with E-state index in [9.17, 15) is 0 Å². The van der Waals surface area contributed by atoms with Crippen molar-refractivity contribution >= 4 is 5.69 Å². The molecular formula is C13H19N3O. The van der Waals surface area contributed by atoms with Crippen molar-refractivity contribution in [2.75, 3.05) is 5.32 Å². The fraction of sp³-hybridized carbons (Fsp3) is 0.385. The second kappa shape index (κ2) is 4.87. The summed E-state index contributed by atoms with van der Waals surface area (Å²) in [6.07, 6.45) is 0.569. The molecule has 0 saturated heterocycles. The van der Waals surface area contributed by atoms with Gasteiger partial charge in [-0.15, -0.1) is 0 Å². The van der Waals surface area contributed by atoms with Gasteiger partial charge in [-0.2, -0.15) is 0 Å². The van der Waals surface area contributed by atoms with Gasteiger partial charge in [0.25, 0.3) is 0 Å². The number of rotatable bonds is 4. The Labute approximate surface area is 102 Å². The maximum atomic E-state index is 6.05. The zero-order valence-corrected chi connectivity index (χ0v) is 10.0. The maximum absolute atomic E-state index is 6.05. The lowest BCUT2D eigenvalue weighted by Gasteiger charge is -2.21. The van der Waals surface area contributed by atoms with Crippen molar-refractivity contribution < 1.29 is 4.84 Å². The third-order valence-corrected chi connectivity index (χ3v) is 3.31. The minimum absolute atomic E-state index is 0.0365. The molecule has 0 spiro atoms. The van der Waals surface area contributed by atoms with E-state index >= 15 is 0 Å². The van der Waals surface area contributed by atoms with E-state index in [1.54, 1.807) is 0 Å². The number of nitrogens with two attached hydrogens (primary N) is 2. The number of anilines is 1. The van der Waals surface area contributed by atoms with Crippen LogP contribution in [0.3, 0.4) is 0 Å². The molecule has 3 atom stereocenters. The summed E-state index contributed by atoms with van der Waals surface area (Å²) in [6.45, 7) is 5.83. The van der Waals surface area contributed by atoms with Crippen molar-refractivity contribution in [1.29, 1.82) is 0 Å². The van der Waals surface area contributed by atoms with Crippen molar-refractivity contribution in [2.24, 2.45) is 11.6 Å². The predicted molar refractivity (Wildman–Crippen MR) is 69.3 cm³/mol. The Morgan fingerprint density at radius 3 is 2.88 bits per heavy atom. The lowest BCUT2D eigenvalue weighted by atomic mass is 9.91. The first-order valence-corrected chi connectivity index (χ1v) is 5.75. The van der Waals surface area contributed by atoms with Crippen molar-refractivity contribution in [3.05, 3.63) is 42.0 Å². The zero-order chi connectivity index (χ0) is 12.4. The van der Waals surface area contributed by atoms with Crippen LogP contribution in [0, 0.1) is 0 Å². The molecule has 92 valence electrons. The summed E-state index contributed by atoms with van der Waals surface area (Å²) in [7, 11) is 0. The van der Waals surface area contributed by atoms with Crippen LogP contribution in [0.2, 0.25) is 0 Å². The van der Waals surface area contributed by atoms with E-state index in [2.05, 4.69) is 18.0 Å². The Morgan fingerprint density at radius 1 is 1.53 bits per heavy atom. The first kappa shape index (κ1) is 12.1. The smallest absolute Gasteiger partial charge is 0.155 e. The van der Waals surface area contributed by atoms with Gasteiger partial charge in [-0.3, -0.25) is 4.84 Å². The number of hydrogen-bond acceptors (Lipinski definition) is 4. The van der Waals surface area contributed by atoms with Crippen molar-refractivity contribution in [2.45, 2.75) is 31.5 Å². The second-order valence-electron chi connectivity index (χ2n) is 4.58. The van der Waals surface area contributed by atoms with Crippen LogP contribution in [0.15, 0.2) is 36.4 Å². The Kier molecular flexibility index (Phi) is 3.47. The average Bonchev–Trinajstić information content (AvgIpc) is 2.67. The van der Waals surface area contributed by atoms with Crippen LogP contribution in [0.1, 0.15) is 24.8 Å². The Morgan fingerprint density at radius 2 is 2.24 bits per heavy atom. The van der Waals surface area contributed by atoms with E-state index in [4.69, 9.17) is 16.5 Å². The summed E-state index contributed by atoms with van der Waals surface area (Å²) in [4.78, 5) is 4.99. The summed E-state index contributed by atoms with van der Waals surface area (Å²) in [6, 6.07) is 8.06. The van der Waals surface area contributed by atoms with E-state index in [1.807, 2.05) is 25.1 Å². The van der Waals surface area contributed by atoms with E-state index < -0.39 is 0 Å². The van der Waals surface area contributed by atoms with Crippen molar-refractivity contribution in [3.8, 4) is 0 Å². The van der Waals surface area contributed by atoms with Gasteiger partial charge >= 0.3 is 0 Å². The zero-order valence-electron chi connectivity index (χ0n) is 10.0. The Balaban J connectivity index is 2.21. The van der Waals surface area contributed by atoms with Gasteiger partial charge in [0, 0.05) is 17.6 Å². The fourth-order valence-corrected chi connectivity index (χ4v) is 2.22. The molecule has 4 heteroatoms. The first-order valence-electron chi connectivity index (χ1n) is 5.75. The van der Waals surface area contributed by atoms with E-state index in [0.717, 1.165) is 17.7 Å². The van der Waals surface area contributed by atoms with Gasteiger partial charge in [-0.05, 0) is 25.0 Å². The van der Waals surface area contributed by atoms with Gasteiger partial charge in [-0.1, -0.05) is 30.4 Å². The molecule has 0 amide bonds. The molecule has 0 fully saturated rings. The van der Waals surface area contributed by atoms with E-state index in [-0.39, 0.29) is 18.2 Å². The van der Waals surface area contributed by atoms with Crippen LogP contribution in [-0.4, -0.2) is 12.3 Å². The molecule has 1 heterocycles. The van der Waals surface area contributed by atoms with Crippen LogP contribution in [0.4, 0.5) is 5.69 Å². The highest BCUT2D eigenvalue weighted by atomic mass is 16.6. The number of para-hydroxylation sites is 1. The van der Waals surface area contributed by atoms with E-state index in [0.29, 0.717) is 0 Å². The molecular weight excluding hydrogens is 214 g/mol. The summed E-state index contributed by atoms with van der Waals surface area (Å²) >= 11 is 0. The number of fused-ring (bicyclic) bond motifs is 1. The molecule has 2 rings (SSSR count). The molecule has 0 radical (unpaired) electrons. The van der Waals surface area contributed by atoms with Gasteiger partial charge in [0.05, 0.1) is 0 Å². The third kappa shape index (κ3) is 2.34. The van der Waals surface area contributed by atoms with Crippen LogP contribution in [0.5, 0.6) is 0 Å². The lowest BCUT2D eigenvalue weighted by molar-refractivity contribution is 0.0561. The number of hydrogen-bond donors (Lipinski definition) is 3. The fourth-order valence-electron chi connectivity index (χ4n) is 2.22. The predicted octanol–water partition coefficient (Wildman–Crippen LogP) is 1.71. The molecule has 1 aliphatic rings. The molecule has 17 heavy (non-hydrogen) atoms. The summed E-state index contributed by atoms with van der Waals surface area (Å²) in [5, 5.41) is 3.25. The molecule has 1 aromatic rings. The second-order valence-corrected chi connectivity index (χ2v) is 4.58. The Hall–Kier alpha value is -1.36. The summed E-state index contributed by atoms with van der Waals surface area (Å²) in [5.41, 5.74) is 9.30. The van der Waals surface area contributed by atoms with E-state index in [1.165, 1.54) is 5.56 Å². The largest absolute Gasteiger partial charge is 0.358 e. The first-order chi connectivity index (χ1) is 8.13. The standard InChI is InChI=1S/C13H19N3O/c1-8(2)11(14)7-10-9-5-3-4-6-12(9)16-13(10)17-15/h3-6,10-11,13,16H,1,7,14-15H2,2H3. The highest BCUT2D eigenvalue weighted by molar-refractivity contribution is 5.58. The quantitative estimate of drug-likeness (QED) is 0.546. The van der Waals surface area contributed by atoms with Gasteiger partial charge in [0.2, 0.25) is 0 Å². The highest BCUT2D eigenvalue weighted by Gasteiger charge is 2.33. The van der Waals surface area contributed by atoms with Crippen LogP contribution in [0.25, 0.3) is 0 Å². The van der Waals surface area contributed by atoms with Crippen LogP contribution < -0.4 is 16.9 Å². The maximum Gasteiger partial charge on any atom is 0.155 e. The molecule has 4 nitrogen and oxygen atoms in total. The molecule has 0 bridgehead atoms. The van der Waals surface area contributed by atoms with Gasteiger partial charge in [0.1, 0.15) is 0 Å². The molecule has 0 saturated carbocycles. The highest BCUT2D eigenvalue weighted by Crippen LogP contribution is 2.38. The minimum Gasteiger partial charge on any atom is -0.358 e. The molecule has 0 aliphatic carbocycles. The van der Waals surface area contributed by atoms with Gasteiger partial charge in [0.15, 0.2) is 6.23 Å². The van der Waals surface area contributed by atoms with Crippen molar-refractivity contribution in [1.82, 2.24) is 0 Å². The monoisotopic (exact) mass is 233 g/mol. The topological polar surface area (TPSA) is 73.3 Å². The lowest BCUT2D eigenvalue weighted by Crippen LogP contribution is -2.32. The number of benzene rings is 1. The summed E-state index contributed by atoms with van der Waals surface area (Å²) < 4.78 is 0. The molecule has 1 aliphatic heterocycles. The molecule has 0 aromatic heterocycles. The minimum atomic E-state index is -0.210. The van der Waals surface area contributed by atoms with Gasteiger partial charge in [-0.25, -0.2) is 5.90 Å². The number of nitrogens with one attached hydrogen (secondary N) is 1. The summed E-state index contributed by atoms with van der Waals surface area (Å²) in [5.74, 6) is 5.50. The van der Waals surface area contributed by atoms with Gasteiger partial charge < -0.3 is 11.1 Å². The Bertz CT molecular complexity index is 419.